The molecule has 0 fully saturated rings. The maximum absolute atomic E-state index is 5.04. The predicted octanol–water partition coefficient (Wildman–Crippen LogP) is 2.00. The first kappa shape index (κ1) is 9.23. The molecule has 0 aromatic heterocycles. The van der Waals surface area contributed by atoms with Crippen LogP contribution in [0.25, 0.3) is 0 Å². The van der Waals surface area contributed by atoms with Crippen LogP contribution in [0.2, 0.25) is 0 Å². The van der Waals surface area contributed by atoms with Crippen molar-refractivity contribution in [2.45, 2.75) is 27.4 Å². The van der Waals surface area contributed by atoms with E-state index in [1.165, 1.54) is 22.3 Å². The molecule has 2 nitrogen and oxygen atoms in total. The van der Waals surface area contributed by atoms with Crippen LogP contribution in [0, 0.1) is 20.8 Å². The van der Waals surface area contributed by atoms with Gasteiger partial charge in [-0.3, -0.25) is 4.84 Å². The summed E-state index contributed by atoms with van der Waals surface area (Å²) in [6.45, 7) is 6.74. The monoisotopic (exact) mass is 165 g/mol. The summed E-state index contributed by atoms with van der Waals surface area (Å²) in [7, 11) is 0. The van der Waals surface area contributed by atoms with Crippen LogP contribution in [0.4, 0.5) is 0 Å². The molecule has 66 valence electrons. The second kappa shape index (κ2) is 3.70. The molecule has 0 saturated heterocycles. The quantitative estimate of drug-likeness (QED) is 0.680. The van der Waals surface area contributed by atoms with E-state index in [4.69, 9.17) is 5.90 Å². The van der Waals surface area contributed by atoms with E-state index in [0.717, 1.165) is 0 Å². The molecule has 0 atom stereocenters. The fourth-order valence-corrected chi connectivity index (χ4v) is 1.52. The van der Waals surface area contributed by atoms with Gasteiger partial charge in [0.1, 0.15) is 0 Å². The third-order valence-corrected chi connectivity index (χ3v) is 2.07. The van der Waals surface area contributed by atoms with E-state index in [-0.39, 0.29) is 0 Å². The Morgan fingerprint density at radius 1 is 1.17 bits per heavy atom. The highest BCUT2D eigenvalue weighted by atomic mass is 16.6. The number of rotatable bonds is 2. The topological polar surface area (TPSA) is 35.2 Å². The zero-order valence-corrected chi connectivity index (χ0v) is 7.85. The third-order valence-electron chi connectivity index (χ3n) is 2.07. The summed E-state index contributed by atoms with van der Waals surface area (Å²) in [5.74, 6) is 5.04. The van der Waals surface area contributed by atoms with Gasteiger partial charge in [0.25, 0.3) is 0 Å². The molecule has 0 heterocycles. The summed E-state index contributed by atoms with van der Waals surface area (Å²) in [4.78, 5) is 4.63. The second-order valence-corrected chi connectivity index (χ2v) is 3.19. The smallest absolute Gasteiger partial charge is 0.0935 e. The predicted molar refractivity (Wildman–Crippen MR) is 49.6 cm³/mol. The lowest BCUT2D eigenvalue weighted by atomic mass is 10.0. The van der Waals surface area contributed by atoms with Crippen LogP contribution in [0.15, 0.2) is 12.1 Å². The van der Waals surface area contributed by atoms with Crippen molar-refractivity contribution in [3.8, 4) is 0 Å². The average Bonchev–Trinajstić information content (AvgIpc) is 1.96. The molecule has 0 aliphatic rings. The summed E-state index contributed by atoms with van der Waals surface area (Å²) in [5.41, 5.74) is 4.98. The lowest BCUT2D eigenvalue weighted by Gasteiger charge is -2.09. The molecular formula is C10H15NO. The highest BCUT2D eigenvalue weighted by molar-refractivity contribution is 5.36. The van der Waals surface area contributed by atoms with Gasteiger partial charge in [0.05, 0.1) is 6.61 Å². The van der Waals surface area contributed by atoms with E-state index >= 15 is 0 Å². The van der Waals surface area contributed by atoms with Crippen LogP contribution < -0.4 is 5.90 Å². The Hall–Kier alpha value is -0.860. The molecule has 0 aliphatic heterocycles. The number of hydrogen-bond acceptors (Lipinski definition) is 2. The zero-order chi connectivity index (χ0) is 9.14. The molecule has 12 heavy (non-hydrogen) atoms. The lowest BCUT2D eigenvalue weighted by molar-refractivity contribution is 0.123. The Balaban J connectivity index is 3.10. The molecule has 1 aromatic carbocycles. The largest absolute Gasteiger partial charge is 0.300 e. The van der Waals surface area contributed by atoms with Crippen molar-refractivity contribution >= 4 is 0 Å². The molecule has 2 N–H and O–H groups in total. The molecular weight excluding hydrogens is 150 g/mol. The van der Waals surface area contributed by atoms with Gasteiger partial charge in [-0.1, -0.05) is 17.7 Å². The summed E-state index contributed by atoms with van der Waals surface area (Å²) in [6.07, 6.45) is 0. The first-order valence-electron chi connectivity index (χ1n) is 4.03. The molecule has 0 radical (unpaired) electrons. The van der Waals surface area contributed by atoms with Gasteiger partial charge < -0.3 is 0 Å². The lowest BCUT2D eigenvalue weighted by Crippen LogP contribution is -2.03. The van der Waals surface area contributed by atoms with Crippen LogP contribution in [-0.4, -0.2) is 0 Å². The number of nitrogens with two attached hydrogens (primary N) is 1. The van der Waals surface area contributed by atoms with Crippen molar-refractivity contribution < 1.29 is 4.84 Å². The van der Waals surface area contributed by atoms with Gasteiger partial charge in [0, 0.05) is 0 Å². The van der Waals surface area contributed by atoms with Gasteiger partial charge in [0.2, 0.25) is 0 Å². The summed E-state index contributed by atoms with van der Waals surface area (Å²) >= 11 is 0. The minimum Gasteiger partial charge on any atom is -0.300 e. The Morgan fingerprint density at radius 3 is 2.08 bits per heavy atom. The molecule has 0 amide bonds. The minimum atomic E-state index is 0.498. The Bertz CT molecular complexity index is 258. The molecule has 2 heteroatoms. The third kappa shape index (κ3) is 1.84. The van der Waals surface area contributed by atoms with E-state index in [1.54, 1.807) is 0 Å². The van der Waals surface area contributed by atoms with Gasteiger partial charge in [-0.05, 0) is 37.5 Å². The van der Waals surface area contributed by atoms with Crippen molar-refractivity contribution in [2.24, 2.45) is 5.90 Å². The summed E-state index contributed by atoms with van der Waals surface area (Å²) in [5, 5.41) is 0. The maximum Gasteiger partial charge on any atom is 0.0935 e. The van der Waals surface area contributed by atoms with Crippen LogP contribution in [-0.2, 0) is 11.4 Å². The number of aryl methyl sites for hydroxylation is 3. The molecule has 0 unspecified atom stereocenters. The van der Waals surface area contributed by atoms with Crippen LogP contribution in [0.3, 0.4) is 0 Å². The van der Waals surface area contributed by atoms with E-state index in [1.807, 2.05) is 0 Å². The van der Waals surface area contributed by atoms with Gasteiger partial charge in [-0.15, -0.1) is 0 Å². The summed E-state index contributed by atoms with van der Waals surface area (Å²) < 4.78 is 0. The minimum absolute atomic E-state index is 0.498. The van der Waals surface area contributed by atoms with E-state index < -0.39 is 0 Å². The Labute approximate surface area is 73.3 Å². The highest BCUT2D eigenvalue weighted by Crippen LogP contribution is 2.16. The first-order chi connectivity index (χ1) is 5.65. The molecule has 0 aliphatic carbocycles. The van der Waals surface area contributed by atoms with Gasteiger partial charge >= 0.3 is 0 Å². The van der Waals surface area contributed by atoms with Crippen LogP contribution in [0.1, 0.15) is 22.3 Å². The zero-order valence-electron chi connectivity index (χ0n) is 7.85. The second-order valence-electron chi connectivity index (χ2n) is 3.19. The van der Waals surface area contributed by atoms with E-state index in [9.17, 15) is 0 Å². The molecule has 0 spiro atoms. The van der Waals surface area contributed by atoms with E-state index in [0.29, 0.717) is 6.61 Å². The molecule has 1 rings (SSSR count). The van der Waals surface area contributed by atoms with Gasteiger partial charge in [-0.25, -0.2) is 5.90 Å². The first-order valence-corrected chi connectivity index (χ1v) is 4.03. The molecule has 1 aromatic rings. The van der Waals surface area contributed by atoms with Gasteiger partial charge in [0.15, 0.2) is 0 Å². The molecule has 0 bridgehead atoms. The molecule has 0 saturated carbocycles. The van der Waals surface area contributed by atoms with Crippen molar-refractivity contribution in [3.63, 3.8) is 0 Å². The SMILES string of the molecule is Cc1cc(C)c(CON)c(C)c1. The summed E-state index contributed by atoms with van der Waals surface area (Å²) in [6, 6.07) is 4.28. The normalized spacial score (nSPS) is 10.3. The standard InChI is InChI=1S/C10H15NO/c1-7-4-8(2)10(6-12-11)9(3)5-7/h4-5H,6,11H2,1-3H3. The average molecular weight is 165 g/mol. The Morgan fingerprint density at radius 2 is 1.67 bits per heavy atom. The van der Waals surface area contributed by atoms with Crippen LogP contribution >= 0.6 is 0 Å². The maximum atomic E-state index is 5.04. The van der Waals surface area contributed by atoms with Crippen molar-refractivity contribution in [1.82, 2.24) is 0 Å². The van der Waals surface area contributed by atoms with Crippen molar-refractivity contribution in [3.05, 3.63) is 34.4 Å². The fraction of sp³-hybridized carbons (Fsp3) is 0.400. The van der Waals surface area contributed by atoms with Crippen molar-refractivity contribution in [2.75, 3.05) is 0 Å². The van der Waals surface area contributed by atoms with Crippen LogP contribution in [0.5, 0.6) is 0 Å². The van der Waals surface area contributed by atoms with Gasteiger partial charge in [-0.2, -0.15) is 0 Å². The number of hydrogen-bond donors (Lipinski definition) is 1. The van der Waals surface area contributed by atoms with Crippen molar-refractivity contribution in [1.29, 1.82) is 0 Å². The highest BCUT2D eigenvalue weighted by Gasteiger charge is 2.02. The fourth-order valence-electron chi connectivity index (χ4n) is 1.52. The number of benzene rings is 1. The van der Waals surface area contributed by atoms with E-state index in [2.05, 4.69) is 37.7 Å². The Kier molecular flexibility index (Phi) is 2.84.